The molecule has 2 rings (SSSR count). The molecule has 1 saturated carbocycles. The summed E-state index contributed by atoms with van der Waals surface area (Å²) in [5.74, 6) is 1.81. The van der Waals surface area contributed by atoms with Crippen LogP contribution < -0.4 is 5.32 Å². The molecule has 0 bridgehead atoms. The highest BCUT2D eigenvalue weighted by molar-refractivity contribution is 5.26. The quantitative estimate of drug-likeness (QED) is 0.582. The molecule has 0 aromatic carbocycles. The summed E-state index contributed by atoms with van der Waals surface area (Å²) in [4.78, 5) is 0. The fourth-order valence-corrected chi connectivity index (χ4v) is 2.18. The highest BCUT2D eigenvalue weighted by Gasteiger charge is 2.40. The van der Waals surface area contributed by atoms with E-state index in [4.69, 9.17) is 0 Å². The zero-order valence-electron chi connectivity index (χ0n) is 6.72. The molecular weight excluding hydrogens is 122 g/mol. The molecule has 1 aliphatic carbocycles. The summed E-state index contributed by atoms with van der Waals surface area (Å²) in [6.45, 7) is 4.56. The predicted molar refractivity (Wildman–Crippen MR) is 42.6 cm³/mol. The van der Waals surface area contributed by atoms with E-state index in [1.165, 1.54) is 12.8 Å². The van der Waals surface area contributed by atoms with Gasteiger partial charge in [0.05, 0.1) is 0 Å². The molecule has 1 aliphatic heterocycles. The van der Waals surface area contributed by atoms with E-state index >= 15 is 0 Å². The molecule has 1 N–H and O–H groups in total. The van der Waals surface area contributed by atoms with Gasteiger partial charge in [0, 0.05) is 12.0 Å². The Morgan fingerprint density at radius 3 is 3.10 bits per heavy atom. The average Bonchev–Trinajstić information content (AvgIpc) is 2.10. The fraction of sp³-hybridized carbons (Fsp3) is 0.778. The normalized spacial score (nSPS) is 43.4. The van der Waals surface area contributed by atoms with Crippen LogP contribution >= 0.6 is 0 Å². The van der Waals surface area contributed by atoms with Crippen molar-refractivity contribution in [2.24, 2.45) is 11.8 Å². The Hall–Kier alpha value is -0.460. The molecule has 0 saturated heterocycles. The van der Waals surface area contributed by atoms with Gasteiger partial charge in [-0.3, -0.25) is 0 Å². The molecule has 1 fully saturated rings. The van der Waals surface area contributed by atoms with Crippen molar-refractivity contribution in [3.05, 3.63) is 11.8 Å². The summed E-state index contributed by atoms with van der Waals surface area (Å²) < 4.78 is 0. The summed E-state index contributed by atoms with van der Waals surface area (Å²) in [6.07, 6.45) is 5.00. The molecule has 0 amide bonds. The molecule has 1 heteroatoms. The second-order valence-corrected chi connectivity index (χ2v) is 3.55. The maximum atomic E-state index is 3.38. The molecule has 0 spiro atoms. The minimum Gasteiger partial charge on any atom is -0.388 e. The first-order valence-electron chi connectivity index (χ1n) is 4.29. The number of nitrogens with one attached hydrogen (secondary N) is 1. The lowest BCUT2D eigenvalue weighted by atomic mass is 9.68. The standard InChI is InChI=1S/C9H15N/c1-3-7-4-8-6(2)10-5-9(7)8/h5-8,10H,3-4H2,1-2H3/t6-,7?,8?/m1/s1. The Bertz CT molecular complexity index is 172. The third-order valence-corrected chi connectivity index (χ3v) is 3.05. The van der Waals surface area contributed by atoms with Gasteiger partial charge in [-0.1, -0.05) is 6.92 Å². The number of hydrogen-bond acceptors (Lipinski definition) is 1. The maximum absolute atomic E-state index is 3.38. The smallest absolute Gasteiger partial charge is 0.0293 e. The molecular formula is C9H15N. The lowest BCUT2D eigenvalue weighted by Crippen LogP contribution is -2.33. The van der Waals surface area contributed by atoms with Crippen molar-refractivity contribution >= 4 is 0 Å². The third kappa shape index (κ3) is 0.635. The largest absolute Gasteiger partial charge is 0.388 e. The maximum Gasteiger partial charge on any atom is 0.0293 e. The van der Waals surface area contributed by atoms with E-state index in [2.05, 4.69) is 25.4 Å². The van der Waals surface area contributed by atoms with Gasteiger partial charge in [0.1, 0.15) is 0 Å². The predicted octanol–water partition coefficient (Wildman–Crippen LogP) is 1.91. The molecule has 0 aromatic heterocycles. The second kappa shape index (κ2) is 2.01. The molecule has 1 heterocycles. The van der Waals surface area contributed by atoms with Gasteiger partial charge in [0.15, 0.2) is 0 Å². The Balaban J connectivity index is 2.06. The van der Waals surface area contributed by atoms with Crippen molar-refractivity contribution in [3.8, 4) is 0 Å². The summed E-state index contributed by atoms with van der Waals surface area (Å²) in [5, 5.41) is 3.38. The molecule has 2 unspecified atom stereocenters. The minimum atomic E-state index is 0.720. The second-order valence-electron chi connectivity index (χ2n) is 3.55. The lowest BCUT2D eigenvalue weighted by molar-refractivity contribution is 0.286. The van der Waals surface area contributed by atoms with Crippen LogP contribution in [0.2, 0.25) is 0 Å². The summed E-state index contributed by atoms with van der Waals surface area (Å²) in [6, 6.07) is 0.720. The van der Waals surface area contributed by atoms with E-state index in [1.54, 1.807) is 5.57 Å². The molecule has 0 aromatic rings. The van der Waals surface area contributed by atoms with Crippen molar-refractivity contribution in [1.29, 1.82) is 0 Å². The van der Waals surface area contributed by atoms with Gasteiger partial charge in [-0.25, -0.2) is 0 Å². The van der Waals surface area contributed by atoms with Crippen LogP contribution in [0.15, 0.2) is 11.8 Å². The van der Waals surface area contributed by atoms with Crippen LogP contribution in [-0.4, -0.2) is 6.04 Å². The Morgan fingerprint density at radius 1 is 1.70 bits per heavy atom. The number of fused-ring (bicyclic) bond motifs is 1. The summed E-state index contributed by atoms with van der Waals surface area (Å²) >= 11 is 0. The van der Waals surface area contributed by atoms with E-state index in [9.17, 15) is 0 Å². The van der Waals surface area contributed by atoms with E-state index in [-0.39, 0.29) is 0 Å². The Kier molecular flexibility index (Phi) is 1.26. The zero-order chi connectivity index (χ0) is 7.14. The van der Waals surface area contributed by atoms with Crippen LogP contribution in [0.1, 0.15) is 26.7 Å². The molecule has 10 heavy (non-hydrogen) atoms. The fourth-order valence-electron chi connectivity index (χ4n) is 2.18. The van der Waals surface area contributed by atoms with E-state index in [0.29, 0.717) is 0 Å². The van der Waals surface area contributed by atoms with Gasteiger partial charge in [-0.05, 0) is 37.5 Å². The first-order chi connectivity index (χ1) is 4.83. The van der Waals surface area contributed by atoms with Gasteiger partial charge in [-0.2, -0.15) is 0 Å². The molecule has 0 radical (unpaired) electrons. The lowest BCUT2D eigenvalue weighted by Gasteiger charge is -2.36. The number of hydrogen-bond donors (Lipinski definition) is 1. The van der Waals surface area contributed by atoms with Gasteiger partial charge >= 0.3 is 0 Å². The van der Waals surface area contributed by atoms with Crippen LogP contribution in [0.4, 0.5) is 0 Å². The van der Waals surface area contributed by atoms with Crippen molar-refractivity contribution in [2.45, 2.75) is 32.7 Å². The zero-order valence-corrected chi connectivity index (χ0v) is 6.72. The number of rotatable bonds is 1. The van der Waals surface area contributed by atoms with Gasteiger partial charge in [0.2, 0.25) is 0 Å². The van der Waals surface area contributed by atoms with Crippen molar-refractivity contribution < 1.29 is 0 Å². The highest BCUT2D eigenvalue weighted by Crippen LogP contribution is 2.45. The minimum absolute atomic E-state index is 0.720. The monoisotopic (exact) mass is 137 g/mol. The van der Waals surface area contributed by atoms with Crippen LogP contribution in [0.5, 0.6) is 0 Å². The Labute approximate surface area is 62.5 Å². The highest BCUT2D eigenvalue weighted by atomic mass is 14.9. The van der Waals surface area contributed by atoms with Crippen LogP contribution in [0.3, 0.4) is 0 Å². The third-order valence-electron chi connectivity index (χ3n) is 3.05. The average molecular weight is 137 g/mol. The summed E-state index contributed by atoms with van der Waals surface area (Å²) in [5.41, 5.74) is 1.69. The summed E-state index contributed by atoms with van der Waals surface area (Å²) in [7, 11) is 0. The van der Waals surface area contributed by atoms with Crippen molar-refractivity contribution in [2.75, 3.05) is 0 Å². The van der Waals surface area contributed by atoms with E-state index < -0.39 is 0 Å². The van der Waals surface area contributed by atoms with Crippen LogP contribution in [0, 0.1) is 11.8 Å². The molecule has 1 nitrogen and oxygen atoms in total. The molecule has 56 valence electrons. The molecule has 3 atom stereocenters. The Morgan fingerprint density at radius 2 is 2.50 bits per heavy atom. The van der Waals surface area contributed by atoms with Gasteiger partial charge in [-0.15, -0.1) is 0 Å². The van der Waals surface area contributed by atoms with Crippen LogP contribution in [-0.2, 0) is 0 Å². The van der Waals surface area contributed by atoms with Gasteiger partial charge < -0.3 is 5.32 Å². The topological polar surface area (TPSA) is 12.0 Å². The van der Waals surface area contributed by atoms with Crippen molar-refractivity contribution in [3.63, 3.8) is 0 Å². The van der Waals surface area contributed by atoms with Crippen molar-refractivity contribution in [1.82, 2.24) is 5.32 Å². The molecule has 2 aliphatic rings. The van der Waals surface area contributed by atoms with Crippen LogP contribution in [0.25, 0.3) is 0 Å². The van der Waals surface area contributed by atoms with Gasteiger partial charge in [0.25, 0.3) is 0 Å². The van der Waals surface area contributed by atoms with E-state index in [1.807, 2.05) is 0 Å². The first-order valence-corrected chi connectivity index (χ1v) is 4.29. The van der Waals surface area contributed by atoms with E-state index in [0.717, 1.165) is 17.9 Å². The SMILES string of the molecule is CCC1CC2C1=CN[C@@H]2C. The first kappa shape index (κ1) is 6.26.